The number of aryl methyl sites for hydroxylation is 1. The van der Waals surface area contributed by atoms with Crippen molar-refractivity contribution in [3.8, 4) is 0 Å². The lowest BCUT2D eigenvalue weighted by atomic mass is 10.4. The van der Waals surface area contributed by atoms with Gasteiger partial charge in [0.1, 0.15) is 5.76 Å². The number of hydrogen-bond donors (Lipinski definition) is 2. The summed E-state index contributed by atoms with van der Waals surface area (Å²) in [5.41, 5.74) is 0. The smallest absolute Gasteiger partial charge is 0.238 e. The van der Waals surface area contributed by atoms with Crippen LogP contribution in [0.4, 0.5) is 5.82 Å². The van der Waals surface area contributed by atoms with Crippen LogP contribution in [0.25, 0.3) is 0 Å². The number of carbonyl (C=O) groups excluding carboxylic acids is 2. The molecule has 1 aromatic heterocycles. The zero-order chi connectivity index (χ0) is 14.5. The average molecular weight is 297 g/mol. The molecule has 20 heavy (non-hydrogen) atoms. The van der Waals surface area contributed by atoms with E-state index < -0.39 is 0 Å². The minimum absolute atomic E-state index is 0.0150. The molecule has 0 radical (unpaired) electrons. The monoisotopic (exact) mass is 297 g/mol. The maximum atomic E-state index is 11.9. The molecule has 1 heterocycles. The predicted octanol–water partition coefficient (Wildman–Crippen LogP) is 1.57. The molecule has 1 fully saturated rings. The first-order valence-electron chi connectivity index (χ1n) is 6.67. The van der Waals surface area contributed by atoms with E-state index >= 15 is 0 Å². The molecule has 0 aliphatic heterocycles. The summed E-state index contributed by atoms with van der Waals surface area (Å²) in [5.74, 6) is 1.80. The van der Waals surface area contributed by atoms with Crippen LogP contribution in [-0.2, 0) is 9.59 Å². The Balaban J connectivity index is 1.66. The van der Waals surface area contributed by atoms with Crippen molar-refractivity contribution in [3.63, 3.8) is 0 Å². The molecule has 1 atom stereocenters. The van der Waals surface area contributed by atoms with Crippen LogP contribution >= 0.6 is 11.8 Å². The minimum atomic E-state index is -0.321. The maximum absolute atomic E-state index is 11.9. The largest absolute Gasteiger partial charge is 0.360 e. The van der Waals surface area contributed by atoms with Gasteiger partial charge in [-0.1, -0.05) is 5.16 Å². The summed E-state index contributed by atoms with van der Waals surface area (Å²) in [6, 6.07) is 1.65. The molecule has 1 saturated carbocycles. The van der Waals surface area contributed by atoms with E-state index in [-0.39, 0.29) is 17.1 Å². The van der Waals surface area contributed by atoms with Crippen LogP contribution < -0.4 is 10.6 Å². The Labute approximate surface area is 122 Å². The quantitative estimate of drug-likeness (QED) is 0.798. The molecular formula is C13H19N3O3S. The average Bonchev–Trinajstić information content (AvgIpc) is 3.16. The molecular weight excluding hydrogens is 278 g/mol. The van der Waals surface area contributed by atoms with Crippen molar-refractivity contribution in [1.82, 2.24) is 10.5 Å². The topological polar surface area (TPSA) is 84.2 Å². The second-order valence-electron chi connectivity index (χ2n) is 5.01. The van der Waals surface area contributed by atoms with Crippen LogP contribution in [-0.4, -0.2) is 34.5 Å². The molecule has 1 aromatic rings. The SMILES string of the molecule is Cc1cc(NC(=O)C(C)SCC(=O)NCC2CC2)no1. The number of anilines is 1. The van der Waals surface area contributed by atoms with Crippen molar-refractivity contribution < 1.29 is 14.1 Å². The summed E-state index contributed by atoms with van der Waals surface area (Å²) in [4.78, 5) is 23.4. The molecule has 1 aliphatic rings. The number of rotatable bonds is 7. The first kappa shape index (κ1) is 14.9. The molecule has 2 rings (SSSR count). The van der Waals surface area contributed by atoms with E-state index in [0.717, 1.165) is 6.54 Å². The third-order valence-electron chi connectivity index (χ3n) is 3.00. The summed E-state index contributed by atoms with van der Waals surface area (Å²) in [7, 11) is 0. The van der Waals surface area contributed by atoms with Gasteiger partial charge in [-0.3, -0.25) is 9.59 Å². The van der Waals surface area contributed by atoms with Crippen LogP contribution in [0.5, 0.6) is 0 Å². The summed E-state index contributed by atoms with van der Waals surface area (Å²) < 4.78 is 4.87. The Morgan fingerprint density at radius 1 is 1.55 bits per heavy atom. The Bertz CT molecular complexity index is 485. The fourth-order valence-electron chi connectivity index (χ4n) is 1.56. The first-order chi connectivity index (χ1) is 9.54. The van der Waals surface area contributed by atoms with Crippen LogP contribution in [0.1, 0.15) is 25.5 Å². The van der Waals surface area contributed by atoms with E-state index in [2.05, 4.69) is 15.8 Å². The van der Waals surface area contributed by atoms with Crippen molar-refractivity contribution in [2.75, 3.05) is 17.6 Å². The standard InChI is InChI=1S/C13H19N3O3S/c1-8-5-11(16-19-8)15-13(18)9(2)20-7-12(17)14-6-10-3-4-10/h5,9-10H,3-4,6-7H2,1-2H3,(H,14,17)(H,15,16,18). The second kappa shape index (κ2) is 6.78. The summed E-state index contributed by atoms with van der Waals surface area (Å²) in [6.07, 6.45) is 2.42. The van der Waals surface area contributed by atoms with Gasteiger partial charge in [0.2, 0.25) is 11.8 Å². The first-order valence-corrected chi connectivity index (χ1v) is 7.72. The zero-order valence-electron chi connectivity index (χ0n) is 11.6. The molecule has 6 nitrogen and oxygen atoms in total. The fourth-order valence-corrected chi connectivity index (χ4v) is 2.27. The second-order valence-corrected chi connectivity index (χ2v) is 6.34. The number of nitrogens with zero attached hydrogens (tertiary/aromatic N) is 1. The highest BCUT2D eigenvalue weighted by Crippen LogP contribution is 2.27. The van der Waals surface area contributed by atoms with Crippen molar-refractivity contribution in [2.45, 2.75) is 31.9 Å². The van der Waals surface area contributed by atoms with Crippen LogP contribution in [0.3, 0.4) is 0 Å². The van der Waals surface area contributed by atoms with E-state index in [1.807, 2.05) is 0 Å². The number of aromatic nitrogens is 1. The Hall–Kier alpha value is -1.50. The van der Waals surface area contributed by atoms with Crippen molar-refractivity contribution >= 4 is 29.4 Å². The van der Waals surface area contributed by atoms with Crippen LogP contribution in [0.15, 0.2) is 10.6 Å². The van der Waals surface area contributed by atoms with Gasteiger partial charge in [0, 0.05) is 12.6 Å². The van der Waals surface area contributed by atoms with Gasteiger partial charge in [0.05, 0.1) is 11.0 Å². The van der Waals surface area contributed by atoms with Gasteiger partial charge in [-0.15, -0.1) is 11.8 Å². The summed E-state index contributed by atoms with van der Waals surface area (Å²) in [6.45, 7) is 4.28. The number of nitrogens with one attached hydrogen (secondary N) is 2. The zero-order valence-corrected chi connectivity index (χ0v) is 12.5. The van der Waals surface area contributed by atoms with E-state index in [1.54, 1.807) is 19.9 Å². The number of hydrogen-bond acceptors (Lipinski definition) is 5. The number of thioether (sulfide) groups is 1. The highest BCUT2D eigenvalue weighted by atomic mass is 32.2. The summed E-state index contributed by atoms with van der Waals surface area (Å²) in [5, 5.41) is 8.90. The molecule has 1 unspecified atom stereocenters. The van der Waals surface area contributed by atoms with Gasteiger partial charge < -0.3 is 15.2 Å². The molecule has 0 bridgehead atoms. The molecule has 0 aromatic carbocycles. The molecule has 110 valence electrons. The third-order valence-corrected chi connectivity index (χ3v) is 4.14. The molecule has 7 heteroatoms. The molecule has 2 amide bonds. The lowest BCUT2D eigenvalue weighted by Crippen LogP contribution is -2.29. The predicted molar refractivity (Wildman–Crippen MR) is 77.5 cm³/mol. The van der Waals surface area contributed by atoms with Gasteiger partial charge in [-0.2, -0.15) is 0 Å². The van der Waals surface area contributed by atoms with E-state index in [4.69, 9.17) is 4.52 Å². The minimum Gasteiger partial charge on any atom is -0.360 e. The summed E-state index contributed by atoms with van der Waals surface area (Å²) >= 11 is 1.31. The number of amides is 2. The van der Waals surface area contributed by atoms with Crippen molar-refractivity contribution in [3.05, 3.63) is 11.8 Å². The molecule has 0 saturated heterocycles. The lowest BCUT2D eigenvalue weighted by molar-refractivity contribution is -0.118. The maximum Gasteiger partial charge on any atom is 0.238 e. The van der Waals surface area contributed by atoms with E-state index in [1.165, 1.54) is 24.6 Å². The highest BCUT2D eigenvalue weighted by molar-refractivity contribution is 8.01. The Kier molecular flexibility index (Phi) is 5.05. The van der Waals surface area contributed by atoms with E-state index in [9.17, 15) is 9.59 Å². The molecule has 0 spiro atoms. The Morgan fingerprint density at radius 2 is 2.30 bits per heavy atom. The molecule has 1 aliphatic carbocycles. The van der Waals surface area contributed by atoms with Gasteiger partial charge in [-0.05, 0) is 32.6 Å². The van der Waals surface area contributed by atoms with Crippen molar-refractivity contribution in [2.24, 2.45) is 5.92 Å². The van der Waals surface area contributed by atoms with E-state index in [0.29, 0.717) is 23.2 Å². The highest BCUT2D eigenvalue weighted by Gasteiger charge is 2.22. The van der Waals surface area contributed by atoms with Gasteiger partial charge in [-0.25, -0.2) is 0 Å². The van der Waals surface area contributed by atoms with Crippen molar-refractivity contribution in [1.29, 1.82) is 0 Å². The lowest BCUT2D eigenvalue weighted by Gasteiger charge is -2.10. The van der Waals surface area contributed by atoms with Crippen LogP contribution in [0.2, 0.25) is 0 Å². The van der Waals surface area contributed by atoms with Crippen LogP contribution in [0, 0.1) is 12.8 Å². The van der Waals surface area contributed by atoms with Gasteiger partial charge >= 0.3 is 0 Å². The van der Waals surface area contributed by atoms with Gasteiger partial charge in [0.15, 0.2) is 5.82 Å². The fraction of sp³-hybridized carbons (Fsp3) is 0.615. The Morgan fingerprint density at radius 3 is 2.90 bits per heavy atom. The number of carbonyl (C=O) groups is 2. The normalized spacial score (nSPS) is 15.7. The third kappa shape index (κ3) is 4.88. The van der Waals surface area contributed by atoms with Gasteiger partial charge in [0.25, 0.3) is 0 Å². The molecule has 2 N–H and O–H groups in total.